The van der Waals surface area contributed by atoms with Crippen molar-refractivity contribution in [2.45, 2.75) is 83.9 Å². The van der Waals surface area contributed by atoms with E-state index < -0.39 is 11.7 Å². The molecule has 4 heterocycles. The molecule has 1 aromatic carbocycles. The van der Waals surface area contributed by atoms with Crippen molar-refractivity contribution in [3.8, 4) is 0 Å². The molecule has 2 aliphatic rings. The Morgan fingerprint density at radius 1 is 1.15 bits per heavy atom. The zero-order chi connectivity index (χ0) is 28.1. The van der Waals surface area contributed by atoms with E-state index in [1.807, 2.05) is 13.8 Å². The van der Waals surface area contributed by atoms with Crippen LogP contribution in [0.4, 0.5) is 19.0 Å². The molecule has 3 aromatic rings. The number of anilines is 1. The summed E-state index contributed by atoms with van der Waals surface area (Å²) in [7, 11) is 1.73. The van der Waals surface area contributed by atoms with Gasteiger partial charge in [-0.15, -0.1) is 0 Å². The lowest BCUT2D eigenvalue weighted by molar-refractivity contribution is -0.137. The number of imidazole rings is 1. The Kier molecular flexibility index (Phi) is 7.49. The predicted octanol–water partition coefficient (Wildman–Crippen LogP) is 4.69. The van der Waals surface area contributed by atoms with E-state index in [2.05, 4.69) is 33.2 Å². The first-order valence-corrected chi connectivity index (χ1v) is 13.7. The first-order chi connectivity index (χ1) is 18.5. The van der Waals surface area contributed by atoms with Gasteiger partial charge in [0, 0.05) is 44.9 Å². The normalized spacial score (nSPS) is 23.6. The second-order valence-electron chi connectivity index (χ2n) is 10.9. The molecule has 0 saturated carbocycles. The molecule has 0 spiro atoms. The van der Waals surface area contributed by atoms with E-state index in [0.29, 0.717) is 31.0 Å². The lowest BCUT2D eigenvalue weighted by Crippen LogP contribution is -2.58. The quantitative estimate of drug-likeness (QED) is 0.447. The average molecular weight is 547 g/mol. The largest absolute Gasteiger partial charge is 0.416 e. The highest BCUT2D eigenvalue weighted by Crippen LogP contribution is 2.35. The molecule has 8 nitrogen and oxygen atoms in total. The van der Waals surface area contributed by atoms with Gasteiger partial charge in [-0.1, -0.05) is 19.1 Å². The van der Waals surface area contributed by atoms with Gasteiger partial charge in [0.15, 0.2) is 5.82 Å². The number of halogens is 3. The zero-order valence-electron chi connectivity index (χ0n) is 23.2. The van der Waals surface area contributed by atoms with Crippen LogP contribution in [0.3, 0.4) is 0 Å². The molecule has 0 N–H and O–H groups in total. The molecule has 39 heavy (non-hydrogen) atoms. The third-order valence-electron chi connectivity index (χ3n) is 8.40. The number of piperazine rings is 1. The van der Waals surface area contributed by atoms with Gasteiger partial charge in [0.2, 0.25) is 0 Å². The summed E-state index contributed by atoms with van der Waals surface area (Å²) >= 11 is 0. The Labute approximate surface area is 226 Å². The molecule has 5 rings (SSSR count). The topological polar surface area (TPSA) is 68.4 Å². The predicted molar refractivity (Wildman–Crippen MR) is 144 cm³/mol. The van der Waals surface area contributed by atoms with E-state index in [0.717, 1.165) is 55.0 Å². The standard InChI is InChI=1S/C28H37F3N6O2/c1-6-22-15-35(17(2)14-36(22)18(3)20-9-11-21(12-10-20)28(29,30)31)25-24-26(34(5)27(38)33-25)37(19(4)32-24)16-23-8-7-13-39-23/h9-12,17-18,22-23H,6-8,13-16H2,1-5H3/t17-,18-,22+,23-/m0/s1. The number of hydrogen-bond acceptors (Lipinski definition) is 6. The highest BCUT2D eigenvalue weighted by molar-refractivity contribution is 5.84. The summed E-state index contributed by atoms with van der Waals surface area (Å²) in [5, 5.41) is 0. The van der Waals surface area contributed by atoms with Gasteiger partial charge in [-0.2, -0.15) is 18.2 Å². The lowest BCUT2D eigenvalue weighted by Gasteiger charge is -2.48. The molecule has 2 saturated heterocycles. The molecule has 2 fully saturated rings. The van der Waals surface area contributed by atoms with Crippen LogP contribution in [-0.4, -0.2) is 61.9 Å². The van der Waals surface area contributed by atoms with Crippen LogP contribution in [0, 0.1) is 6.92 Å². The minimum absolute atomic E-state index is 0.0103. The van der Waals surface area contributed by atoms with Gasteiger partial charge in [-0.3, -0.25) is 9.47 Å². The highest BCUT2D eigenvalue weighted by Gasteiger charge is 2.37. The summed E-state index contributed by atoms with van der Waals surface area (Å²) in [4.78, 5) is 27.0. The lowest BCUT2D eigenvalue weighted by atomic mass is 9.98. The van der Waals surface area contributed by atoms with E-state index in [9.17, 15) is 18.0 Å². The maximum absolute atomic E-state index is 13.1. The second-order valence-corrected chi connectivity index (χ2v) is 10.9. The Morgan fingerprint density at radius 2 is 1.87 bits per heavy atom. The van der Waals surface area contributed by atoms with Crippen LogP contribution < -0.4 is 10.6 Å². The van der Waals surface area contributed by atoms with Crippen LogP contribution >= 0.6 is 0 Å². The van der Waals surface area contributed by atoms with Gasteiger partial charge in [0.1, 0.15) is 17.0 Å². The number of benzene rings is 1. The smallest absolute Gasteiger partial charge is 0.376 e. The number of ether oxygens (including phenoxy) is 1. The van der Waals surface area contributed by atoms with Crippen LogP contribution in [0.15, 0.2) is 29.1 Å². The fourth-order valence-electron chi connectivity index (χ4n) is 6.10. The van der Waals surface area contributed by atoms with E-state index in [1.165, 1.54) is 0 Å². The summed E-state index contributed by atoms with van der Waals surface area (Å²) in [6, 6.07) is 5.53. The monoisotopic (exact) mass is 546 g/mol. The number of aromatic nitrogens is 4. The molecule has 2 aromatic heterocycles. The maximum atomic E-state index is 13.1. The summed E-state index contributed by atoms with van der Waals surface area (Å²) in [6.45, 7) is 10.9. The van der Waals surface area contributed by atoms with Gasteiger partial charge in [-0.25, -0.2) is 9.78 Å². The van der Waals surface area contributed by atoms with E-state index in [4.69, 9.17) is 9.72 Å². The van der Waals surface area contributed by atoms with Crippen LogP contribution in [0.2, 0.25) is 0 Å². The second kappa shape index (κ2) is 10.6. The first kappa shape index (κ1) is 27.6. The van der Waals surface area contributed by atoms with Crippen molar-refractivity contribution in [3.05, 3.63) is 51.7 Å². The summed E-state index contributed by atoms with van der Waals surface area (Å²) in [5.41, 5.74) is 1.34. The summed E-state index contributed by atoms with van der Waals surface area (Å²) in [6.07, 6.45) is -1.39. The van der Waals surface area contributed by atoms with Crippen molar-refractivity contribution < 1.29 is 17.9 Å². The molecule has 0 amide bonds. The summed E-state index contributed by atoms with van der Waals surface area (Å²) < 4.78 is 48.7. The number of aryl methyl sites for hydroxylation is 2. The molecule has 0 radical (unpaired) electrons. The average Bonchev–Trinajstić information content (AvgIpc) is 3.53. The summed E-state index contributed by atoms with van der Waals surface area (Å²) in [5.74, 6) is 1.41. The van der Waals surface area contributed by atoms with Gasteiger partial charge < -0.3 is 14.2 Å². The molecule has 2 aliphatic heterocycles. The van der Waals surface area contributed by atoms with Crippen molar-refractivity contribution >= 4 is 17.0 Å². The number of nitrogens with zero attached hydrogens (tertiary/aromatic N) is 6. The zero-order valence-corrected chi connectivity index (χ0v) is 23.2. The third kappa shape index (κ3) is 5.18. The van der Waals surface area contributed by atoms with E-state index in [-0.39, 0.29) is 29.9 Å². The van der Waals surface area contributed by atoms with Gasteiger partial charge in [0.25, 0.3) is 0 Å². The Morgan fingerprint density at radius 3 is 2.49 bits per heavy atom. The molecule has 0 bridgehead atoms. The van der Waals surface area contributed by atoms with Crippen LogP contribution in [0.25, 0.3) is 11.2 Å². The van der Waals surface area contributed by atoms with Crippen LogP contribution in [0.5, 0.6) is 0 Å². The van der Waals surface area contributed by atoms with Gasteiger partial charge in [0.05, 0.1) is 18.2 Å². The molecule has 0 aliphatic carbocycles. The Hall–Kier alpha value is -2.92. The van der Waals surface area contributed by atoms with Gasteiger partial charge >= 0.3 is 11.9 Å². The van der Waals surface area contributed by atoms with Crippen molar-refractivity contribution in [1.29, 1.82) is 0 Å². The van der Waals surface area contributed by atoms with Crippen LogP contribution in [-0.2, 0) is 24.5 Å². The fourth-order valence-corrected chi connectivity index (χ4v) is 6.10. The van der Waals surface area contributed by atoms with Crippen molar-refractivity contribution in [1.82, 2.24) is 24.0 Å². The SMILES string of the molecule is CC[C@@H]1CN(c2nc(=O)n(C)c3c2nc(C)n3C[C@@H]2CCCO2)[C@@H](C)CN1[C@@H](C)c1ccc(C(F)(F)F)cc1. The van der Waals surface area contributed by atoms with Crippen molar-refractivity contribution in [3.63, 3.8) is 0 Å². The molecule has 4 atom stereocenters. The molecule has 212 valence electrons. The number of alkyl halides is 3. The minimum atomic E-state index is -4.35. The number of hydrogen-bond donors (Lipinski definition) is 0. The number of rotatable bonds is 6. The minimum Gasteiger partial charge on any atom is -0.376 e. The van der Waals surface area contributed by atoms with E-state index in [1.54, 1.807) is 23.7 Å². The Bertz CT molecular complexity index is 1380. The Balaban J connectivity index is 1.45. The maximum Gasteiger partial charge on any atom is 0.416 e. The molecule has 0 unspecified atom stereocenters. The van der Waals surface area contributed by atoms with Crippen LogP contribution in [0.1, 0.15) is 63.0 Å². The molecular formula is C28H37F3N6O2. The van der Waals surface area contributed by atoms with Gasteiger partial charge in [-0.05, 0) is 57.7 Å². The van der Waals surface area contributed by atoms with Crippen molar-refractivity contribution in [2.24, 2.45) is 7.05 Å². The fraction of sp³-hybridized carbons (Fsp3) is 0.607. The van der Waals surface area contributed by atoms with E-state index >= 15 is 0 Å². The molecular weight excluding hydrogens is 509 g/mol. The highest BCUT2D eigenvalue weighted by atomic mass is 19.4. The first-order valence-electron chi connectivity index (χ1n) is 13.7. The number of fused-ring (bicyclic) bond motifs is 1. The van der Waals surface area contributed by atoms with Crippen molar-refractivity contribution in [2.75, 3.05) is 24.6 Å². The third-order valence-corrected chi connectivity index (χ3v) is 8.40. The molecule has 11 heteroatoms.